The Kier molecular flexibility index (Phi) is 14.1. The topological polar surface area (TPSA) is 78.9 Å². The van der Waals surface area contributed by atoms with E-state index in [0.717, 1.165) is 68.3 Å². The molecule has 8 heteroatoms. The number of aliphatic hydroxyl groups excluding tert-OH is 1. The Morgan fingerprint density at radius 1 is 1.02 bits per heavy atom. The van der Waals surface area contributed by atoms with Crippen molar-refractivity contribution in [1.29, 1.82) is 0 Å². The Bertz CT molecular complexity index is 1180. The van der Waals surface area contributed by atoms with Crippen LogP contribution in [0.25, 0.3) is 0 Å². The highest BCUT2D eigenvalue weighted by molar-refractivity contribution is 7.83. The lowest BCUT2D eigenvalue weighted by molar-refractivity contribution is 0.0982. The van der Waals surface area contributed by atoms with E-state index in [-0.39, 0.29) is 11.8 Å². The number of nitrogens with one attached hydrogen (secondary N) is 1. The first-order valence-corrected chi connectivity index (χ1v) is 17.5. The van der Waals surface area contributed by atoms with Gasteiger partial charge in [-0.2, -0.15) is 0 Å². The molecule has 5 rings (SSSR count). The van der Waals surface area contributed by atoms with Crippen molar-refractivity contribution in [2.75, 3.05) is 37.5 Å². The van der Waals surface area contributed by atoms with Crippen LogP contribution in [0.2, 0.25) is 5.02 Å². The molecule has 2 N–H and O–H groups in total. The maximum absolute atomic E-state index is 13.1. The van der Waals surface area contributed by atoms with Gasteiger partial charge < -0.3 is 14.7 Å². The Hall–Kier alpha value is -2.09. The lowest BCUT2D eigenvalue weighted by atomic mass is 9.70. The van der Waals surface area contributed by atoms with Crippen LogP contribution in [0.5, 0.6) is 5.75 Å². The Morgan fingerprint density at radius 3 is 2.48 bits per heavy atom. The maximum Gasteiger partial charge on any atom is 0.263 e. The minimum atomic E-state index is -1.38. The van der Waals surface area contributed by atoms with Gasteiger partial charge in [-0.1, -0.05) is 71.0 Å². The molecule has 1 fully saturated rings. The van der Waals surface area contributed by atoms with E-state index in [2.05, 4.69) is 35.6 Å². The van der Waals surface area contributed by atoms with Gasteiger partial charge in [0.05, 0.1) is 12.3 Å². The number of fused-ring (bicyclic) bond motifs is 2. The molecule has 0 aromatic heterocycles. The predicted octanol–water partition coefficient (Wildman–Crippen LogP) is 7.54. The van der Waals surface area contributed by atoms with Gasteiger partial charge in [-0.3, -0.25) is 9.52 Å². The smallest absolute Gasteiger partial charge is 0.263 e. The molecular weight excluding hydrogens is 568 g/mol. The SMILES string of the molecule is CC.CCCc1cc(Cl)ccc1C1COc2ccc3cc2N(C1)CC1CCC1CCCCC(C)CS(=O)NC3=O.CO. The van der Waals surface area contributed by atoms with Crippen LogP contribution < -0.4 is 14.4 Å². The number of aryl methyl sites for hydroxylation is 1. The van der Waals surface area contributed by atoms with Crippen molar-refractivity contribution < 1.29 is 18.8 Å². The summed E-state index contributed by atoms with van der Waals surface area (Å²) in [6.07, 6.45) is 9.35. The summed E-state index contributed by atoms with van der Waals surface area (Å²) in [5.41, 5.74) is 4.12. The van der Waals surface area contributed by atoms with E-state index < -0.39 is 11.0 Å². The summed E-state index contributed by atoms with van der Waals surface area (Å²) < 4.78 is 21.9. The molecule has 0 spiro atoms. The van der Waals surface area contributed by atoms with Crippen molar-refractivity contribution in [3.05, 3.63) is 58.1 Å². The maximum atomic E-state index is 13.1. The lowest BCUT2D eigenvalue weighted by Crippen LogP contribution is -2.40. The monoisotopic (exact) mass is 618 g/mol. The number of benzene rings is 2. The molecule has 5 unspecified atom stereocenters. The van der Waals surface area contributed by atoms with Gasteiger partial charge in [-0.25, -0.2) is 4.21 Å². The van der Waals surface area contributed by atoms with Crippen LogP contribution in [0.4, 0.5) is 5.69 Å². The zero-order valence-corrected chi connectivity index (χ0v) is 27.7. The van der Waals surface area contributed by atoms with Gasteiger partial charge in [0.15, 0.2) is 0 Å². The number of hydrogen-bond acceptors (Lipinski definition) is 5. The van der Waals surface area contributed by atoms with Gasteiger partial charge in [0.25, 0.3) is 5.91 Å². The third-order valence-corrected chi connectivity index (χ3v) is 10.2. The average molecular weight is 619 g/mol. The van der Waals surface area contributed by atoms with E-state index in [1.807, 2.05) is 32.0 Å². The first-order valence-electron chi connectivity index (χ1n) is 15.9. The van der Waals surface area contributed by atoms with Gasteiger partial charge in [-0.15, -0.1) is 0 Å². The Labute approximate surface area is 261 Å². The Balaban J connectivity index is 0.00000116. The highest BCUT2D eigenvalue weighted by atomic mass is 35.5. The van der Waals surface area contributed by atoms with Crippen molar-refractivity contribution in [3.63, 3.8) is 0 Å². The molecule has 0 radical (unpaired) electrons. The van der Waals surface area contributed by atoms with Crippen LogP contribution in [-0.4, -0.2) is 47.8 Å². The van der Waals surface area contributed by atoms with Gasteiger partial charge in [0.2, 0.25) is 0 Å². The zero-order valence-electron chi connectivity index (χ0n) is 26.2. The van der Waals surface area contributed by atoms with E-state index in [4.69, 9.17) is 21.4 Å². The number of amides is 1. The van der Waals surface area contributed by atoms with Gasteiger partial charge in [0, 0.05) is 42.5 Å². The van der Waals surface area contributed by atoms with Crippen molar-refractivity contribution in [3.8, 4) is 5.75 Å². The molecule has 2 bridgehead atoms. The molecule has 5 atom stereocenters. The highest BCUT2D eigenvalue weighted by Gasteiger charge is 2.35. The number of carbonyl (C=O) groups is 1. The third kappa shape index (κ3) is 8.96. The predicted molar refractivity (Wildman–Crippen MR) is 176 cm³/mol. The number of hydrogen-bond donors (Lipinski definition) is 2. The minimum absolute atomic E-state index is 0.205. The summed E-state index contributed by atoms with van der Waals surface area (Å²) in [4.78, 5) is 15.6. The summed E-state index contributed by atoms with van der Waals surface area (Å²) in [7, 11) is -0.382. The molecule has 1 amide bonds. The highest BCUT2D eigenvalue weighted by Crippen LogP contribution is 2.43. The minimum Gasteiger partial charge on any atom is -0.491 e. The summed E-state index contributed by atoms with van der Waals surface area (Å²) in [6, 6.07) is 11.9. The summed E-state index contributed by atoms with van der Waals surface area (Å²) in [5, 5.41) is 7.78. The molecule has 2 aliphatic heterocycles. The molecule has 42 heavy (non-hydrogen) atoms. The fourth-order valence-electron chi connectivity index (χ4n) is 6.44. The van der Waals surface area contributed by atoms with Crippen molar-refractivity contribution in [2.24, 2.45) is 17.8 Å². The first kappa shape index (κ1) is 34.4. The molecule has 234 valence electrons. The summed E-state index contributed by atoms with van der Waals surface area (Å²) in [5.74, 6) is 3.00. The largest absolute Gasteiger partial charge is 0.491 e. The quantitative estimate of drug-likeness (QED) is 0.371. The molecule has 2 heterocycles. The number of anilines is 1. The van der Waals surface area contributed by atoms with Crippen LogP contribution in [0.1, 0.15) is 100 Å². The van der Waals surface area contributed by atoms with E-state index in [1.54, 1.807) is 6.07 Å². The van der Waals surface area contributed by atoms with Crippen molar-refractivity contribution in [1.82, 2.24) is 4.72 Å². The molecule has 0 saturated heterocycles. The van der Waals surface area contributed by atoms with E-state index >= 15 is 0 Å². The van der Waals surface area contributed by atoms with Crippen molar-refractivity contribution >= 4 is 34.2 Å². The van der Waals surface area contributed by atoms with Crippen LogP contribution in [0, 0.1) is 17.8 Å². The molecule has 2 aromatic rings. The number of rotatable bonds is 3. The second-order valence-corrected chi connectivity index (χ2v) is 13.3. The van der Waals surface area contributed by atoms with E-state index in [0.29, 0.717) is 29.8 Å². The van der Waals surface area contributed by atoms with Crippen LogP contribution >= 0.6 is 11.6 Å². The second-order valence-electron chi connectivity index (χ2n) is 11.6. The molecule has 1 saturated carbocycles. The third-order valence-electron chi connectivity index (χ3n) is 8.70. The lowest BCUT2D eigenvalue weighted by Gasteiger charge is -2.41. The summed E-state index contributed by atoms with van der Waals surface area (Å²) in [6.45, 7) is 10.7. The number of nitrogens with zero attached hydrogens (tertiary/aromatic N) is 1. The number of aliphatic hydroxyl groups is 1. The number of carbonyl (C=O) groups excluding carboxylic acids is 1. The normalized spacial score (nSPS) is 25.9. The fraction of sp³-hybridized carbons (Fsp3) is 0.618. The number of halogens is 1. The zero-order chi connectivity index (χ0) is 30.6. The van der Waals surface area contributed by atoms with Crippen LogP contribution in [0.15, 0.2) is 36.4 Å². The number of ether oxygens (including phenoxy) is 1. The van der Waals surface area contributed by atoms with E-state index in [1.165, 1.54) is 36.8 Å². The Morgan fingerprint density at radius 2 is 1.76 bits per heavy atom. The molecule has 1 aliphatic carbocycles. The van der Waals surface area contributed by atoms with Gasteiger partial charge in [0.1, 0.15) is 16.7 Å². The van der Waals surface area contributed by atoms with Gasteiger partial charge >= 0.3 is 0 Å². The average Bonchev–Trinajstić information content (AvgIpc) is 3.16. The molecular formula is C34H51ClN2O4S. The van der Waals surface area contributed by atoms with Crippen LogP contribution in [-0.2, 0) is 17.4 Å². The van der Waals surface area contributed by atoms with Gasteiger partial charge in [-0.05, 0) is 84.9 Å². The van der Waals surface area contributed by atoms with E-state index in [9.17, 15) is 9.00 Å². The molecule has 2 aromatic carbocycles. The van der Waals surface area contributed by atoms with Crippen molar-refractivity contribution in [2.45, 2.75) is 85.0 Å². The standard InChI is InChI=1S/C31H41ClN2O3S.C2H6.CH4O/c1-3-6-23-15-27(32)12-13-28(23)26-18-34-17-25-10-9-22(25)8-5-4-7-21(2)20-38(36)33-31(35)24-11-14-30(37-19-26)29(34)16-24;2*1-2/h11-16,21-22,25-26H,3-10,17-20H2,1-2H3,(H,33,35);1-2H3;2H,1H3. The fourth-order valence-corrected chi connectivity index (χ4v) is 7.73. The molecule has 3 aliphatic rings. The first-order chi connectivity index (χ1) is 20.4. The van der Waals surface area contributed by atoms with Crippen LogP contribution in [0.3, 0.4) is 0 Å². The second kappa shape index (κ2) is 17.3. The molecule has 6 nitrogen and oxygen atoms in total. The summed E-state index contributed by atoms with van der Waals surface area (Å²) >= 11 is 6.38.